The van der Waals surface area contributed by atoms with Gasteiger partial charge in [0.25, 0.3) is 11.8 Å². The van der Waals surface area contributed by atoms with Crippen LogP contribution in [0, 0.1) is 18.8 Å². The molecule has 10 nitrogen and oxygen atoms in total. The number of thiazole rings is 1. The Morgan fingerprint density at radius 3 is 2.36 bits per heavy atom. The first kappa shape index (κ1) is 24.8. The molecule has 0 radical (unpaired) electrons. The molecule has 2 aromatic rings. The normalized spacial score (nSPS) is 23.0. The molecule has 1 aliphatic heterocycles. The summed E-state index contributed by atoms with van der Waals surface area (Å²) in [6, 6.07) is -1.10. The molecule has 4 bridgehead atoms. The van der Waals surface area contributed by atoms with Crippen molar-refractivity contribution in [2.24, 2.45) is 11.8 Å². The molecule has 0 saturated heterocycles. The quantitative estimate of drug-likeness (QED) is 0.521. The fourth-order valence-electron chi connectivity index (χ4n) is 3.51. The van der Waals surface area contributed by atoms with Crippen molar-refractivity contribution in [2.75, 3.05) is 13.1 Å². The van der Waals surface area contributed by atoms with E-state index in [2.05, 4.69) is 31.2 Å². The summed E-state index contributed by atoms with van der Waals surface area (Å²) < 4.78 is 5.78. The predicted molar refractivity (Wildman–Crippen MR) is 124 cm³/mol. The highest BCUT2D eigenvalue weighted by atomic mass is 32.1. The van der Waals surface area contributed by atoms with Gasteiger partial charge in [0.2, 0.25) is 11.8 Å². The molecule has 0 spiro atoms. The molecule has 33 heavy (non-hydrogen) atoms. The van der Waals surface area contributed by atoms with E-state index in [0.29, 0.717) is 17.3 Å². The maximum Gasteiger partial charge on any atom is 0.273 e. The maximum absolute atomic E-state index is 13.0. The molecular formula is C22H32N6O4S. The number of carbonyl (C=O) groups excluding carboxylic acids is 3. The third-order valence-corrected chi connectivity index (χ3v) is 6.29. The topological polar surface area (TPSA) is 138 Å². The Bertz CT molecular complexity index is 1010. The van der Waals surface area contributed by atoms with Crippen molar-refractivity contribution in [3.05, 3.63) is 33.4 Å². The second kappa shape index (κ2) is 10.4. The Hall–Kier alpha value is -2.79. The number of hydrogen-bond donors (Lipinski definition) is 4. The lowest BCUT2D eigenvalue weighted by Crippen LogP contribution is -2.44. The Morgan fingerprint density at radius 2 is 1.70 bits per heavy atom. The molecule has 180 valence electrons. The number of fused-ring (bicyclic) bond motifs is 4. The number of amides is 3. The zero-order valence-corrected chi connectivity index (χ0v) is 20.6. The molecule has 2 aromatic heterocycles. The van der Waals surface area contributed by atoms with E-state index < -0.39 is 6.04 Å². The van der Waals surface area contributed by atoms with Crippen LogP contribution in [0.4, 0.5) is 0 Å². The van der Waals surface area contributed by atoms with Gasteiger partial charge in [-0.25, -0.2) is 9.97 Å². The van der Waals surface area contributed by atoms with Gasteiger partial charge in [-0.2, -0.15) is 0 Å². The summed E-state index contributed by atoms with van der Waals surface area (Å²) in [6.07, 6.45) is 0. The van der Waals surface area contributed by atoms with Crippen molar-refractivity contribution in [1.82, 2.24) is 31.2 Å². The van der Waals surface area contributed by atoms with Crippen LogP contribution in [0.15, 0.2) is 9.80 Å². The number of nitrogens with one attached hydrogen (secondary N) is 4. The minimum absolute atomic E-state index is 0.0440. The van der Waals surface area contributed by atoms with Gasteiger partial charge in [0, 0.05) is 18.0 Å². The first-order valence-corrected chi connectivity index (χ1v) is 12.0. The van der Waals surface area contributed by atoms with Gasteiger partial charge in [-0.1, -0.05) is 27.7 Å². The number of hydrogen-bond acceptors (Lipinski definition) is 8. The second-order valence-electron chi connectivity index (χ2n) is 9.02. The highest BCUT2D eigenvalue weighted by Gasteiger charge is 2.29. The van der Waals surface area contributed by atoms with Crippen molar-refractivity contribution in [3.8, 4) is 0 Å². The summed E-state index contributed by atoms with van der Waals surface area (Å²) in [6.45, 7) is 11.8. The summed E-state index contributed by atoms with van der Waals surface area (Å²) in [5.74, 6) is -0.254. The van der Waals surface area contributed by atoms with E-state index in [9.17, 15) is 14.4 Å². The number of aromatic nitrogens is 2. The molecule has 0 fully saturated rings. The van der Waals surface area contributed by atoms with Crippen molar-refractivity contribution in [1.29, 1.82) is 0 Å². The smallest absolute Gasteiger partial charge is 0.273 e. The maximum atomic E-state index is 13.0. The molecule has 3 rings (SSSR count). The summed E-state index contributed by atoms with van der Waals surface area (Å²) in [5.41, 5.74) is 0.432. The fraction of sp³-hybridized carbons (Fsp3) is 0.591. The number of rotatable bonds is 2. The van der Waals surface area contributed by atoms with Gasteiger partial charge in [0.05, 0.1) is 12.6 Å². The van der Waals surface area contributed by atoms with Gasteiger partial charge in [0.1, 0.15) is 22.5 Å². The van der Waals surface area contributed by atoms with Crippen molar-refractivity contribution in [3.63, 3.8) is 0 Å². The monoisotopic (exact) mass is 476 g/mol. The second-order valence-corrected chi connectivity index (χ2v) is 9.91. The molecule has 3 amide bonds. The van der Waals surface area contributed by atoms with Gasteiger partial charge in [-0.15, -0.1) is 11.3 Å². The Labute approximate surface area is 197 Å². The molecule has 0 aliphatic carbocycles. The summed E-state index contributed by atoms with van der Waals surface area (Å²) >= 11 is 1.33. The number of oxazole rings is 1. The predicted octanol–water partition coefficient (Wildman–Crippen LogP) is 2.10. The Balaban J connectivity index is 1.96. The number of carbonyl (C=O) groups is 3. The standard InChI is InChI=1S/C22H32N6O4S/c1-10(2)16-21-28-18(13(6)32-21)20(31)24-12(5)7-23-8-15(29)26-17(11(3)4)22-25-14(9-33-22)19(30)27-16/h9-12,16-17,23H,7-8H2,1-6H3,(H,24,31)(H,26,29)(H,27,30)/t12-,16-,17+/m1/s1. The van der Waals surface area contributed by atoms with Crippen LogP contribution in [0.2, 0.25) is 0 Å². The highest BCUT2D eigenvalue weighted by Crippen LogP contribution is 2.27. The third kappa shape index (κ3) is 5.97. The van der Waals surface area contributed by atoms with Crippen LogP contribution in [-0.2, 0) is 4.79 Å². The number of nitrogens with zero attached hydrogens (tertiary/aromatic N) is 2. The van der Waals surface area contributed by atoms with Crippen LogP contribution < -0.4 is 21.3 Å². The van der Waals surface area contributed by atoms with E-state index >= 15 is 0 Å². The first-order valence-electron chi connectivity index (χ1n) is 11.1. The van der Waals surface area contributed by atoms with Gasteiger partial charge < -0.3 is 25.7 Å². The van der Waals surface area contributed by atoms with E-state index in [0.717, 1.165) is 0 Å². The van der Waals surface area contributed by atoms with Gasteiger partial charge in [-0.05, 0) is 25.7 Å². The summed E-state index contributed by atoms with van der Waals surface area (Å²) in [5, 5.41) is 14.2. The van der Waals surface area contributed by atoms with E-state index in [1.54, 1.807) is 12.3 Å². The Morgan fingerprint density at radius 1 is 1.00 bits per heavy atom. The molecule has 11 heteroatoms. The third-order valence-electron chi connectivity index (χ3n) is 5.36. The molecule has 1 aliphatic rings. The summed E-state index contributed by atoms with van der Waals surface area (Å²) in [4.78, 5) is 47.1. The minimum atomic E-state index is -0.540. The zero-order valence-electron chi connectivity index (χ0n) is 19.8. The van der Waals surface area contributed by atoms with Gasteiger partial charge in [-0.3, -0.25) is 14.4 Å². The molecule has 0 unspecified atom stereocenters. The Kier molecular flexibility index (Phi) is 7.85. The van der Waals surface area contributed by atoms with Crippen molar-refractivity contribution in [2.45, 2.75) is 59.7 Å². The first-order chi connectivity index (χ1) is 15.6. The van der Waals surface area contributed by atoms with Crippen molar-refractivity contribution >= 4 is 29.1 Å². The average molecular weight is 477 g/mol. The molecule has 3 heterocycles. The van der Waals surface area contributed by atoms with Crippen LogP contribution in [0.3, 0.4) is 0 Å². The molecule has 4 N–H and O–H groups in total. The van der Waals surface area contributed by atoms with Gasteiger partial charge >= 0.3 is 0 Å². The molecule has 0 aromatic carbocycles. The average Bonchev–Trinajstić information content (AvgIpc) is 3.36. The van der Waals surface area contributed by atoms with Crippen LogP contribution in [0.25, 0.3) is 0 Å². The van der Waals surface area contributed by atoms with E-state index in [-0.39, 0.29) is 65.5 Å². The fourth-order valence-corrected chi connectivity index (χ4v) is 4.53. The lowest BCUT2D eigenvalue weighted by atomic mass is 10.0. The minimum Gasteiger partial charge on any atom is -0.443 e. The van der Waals surface area contributed by atoms with Gasteiger partial charge in [0.15, 0.2) is 5.69 Å². The largest absolute Gasteiger partial charge is 0.443 e. The summed E-state index contributed by atoms with van der Waals surface area (Å²) in [7, 11) is 0. The van der Waals surface area contributed by atoms with Crippen LogP contribution in [0.1, 0.15) is 84.3 Å². The molecular weight excluding hydrogens is 444 g/mol. The van der Waals surface area contributed by atoms with Crippen LogP contribution >= 0.6 is 11.3 Å². The van der Waals surface area contributed by atoms with Crippen LogP contribution in [0.5, 0.6) is 0 Å². The lowest BCUT2D eigenvalue weighted by Gasteiger charge is -2.21. The highest BCUT2D eigenvalue weighted by molar-refractivity contribution is 7.09. The van der Waals surface area contributed by atoms with E-state index in [1.165, 1.54) is 11.3 Å². The number of aryl methyl sites for hydroxylation is 1. The molecule has 0 saturated carbocycles. The van der Waals surface area contributed by atoms with E-state index in [4.69, 9.17) is 4.42 Å². The van der Waals surface area contributed by atoms with Crippen molar-refractivity contribution < 1.29 is 18.8 Å². The van der Waals surface area contributed by atoms with Crippen LogP contribution in [-0.4, -0.2) is 46.8 Å². The SMILES string of the molecule is Cc1oc2nc1C(=O)N[C@H](C)CNCC(=O)N[C@@H](C(C)C)c1nc(cs1)C(=O)N[C@@H]2C(C)C. The molecule has 3 atom stereocenters. The zero-order chi connectivity index (χ0) is 24.3. The lowest BCUT2D eigenvalue weighted by molar-refractivity contribution is -0.121. The van der Waals surface area contributed by atoms with E-state index in [1.807, 2.05) is 34.6 Å².